The highest BCUT2D eigenvalue weighted by Crippen LogP contribution is 2.41. The van der Waals surface area contributed by atoms with Crippen LogP contribution in [-0.4, -0.2) is 33.1 Å². The van der Waals surface area contributed by atoms with Crippen molar-refractivity contribution in [3.8, 4) is 11.5 Å². The van der Waals surface area contributed by atoms with Gasteiger partial charge in [-0.25, -0.2) is 0 Å². The molecule has 0 amide bonds. The number of hydrogen-bond acceptors (Lipinski definition) is 4. The lowest BCUT2D eigenvalue weighted by molar-refractivity contribution is 0.251. The molecule has 0 fully saturated rings. The first-order valence-corrected chi connectivity index (χ1v) is 6.76. The SMILES string of the molecule is CNC(C)Cc1cc(OC)c(OC)c(SC(F)F)c1. The number of methoxy groups -OCH3 is 2. The molecule has 1 aromatic rings. The summed E-state index contributed by atoms with van der Waals surface area (Å²) in [6.07, 6.45) is 0.730. The van der Waals surface area contributed by atoms with E-state index in [-0.39, 0.29) is 6.04 Å². The number of nitrogens with one attached hydrogen (secondary N) is 1. The average Bonchev–Trinajstić information content (AvgIpc) is 2.37. The van der Waals surface area contributed by atoms with Crippen LogP contribution in [0.25, 0.3) is 0 Å². The van der Waals surface area contributed by atoms with Crippen LogP contribution in [0.3, 0.4) is 0 Å². The Bertz CT molecular complexity index is 416. The molecule has 0 aromatic heterocycles. The summed E-state index contributed by atoms with van der Waals surface area (Å²) < 4.78 is 35.5. The molecular weight excluding hydrogens is 272 g/mol. The maximum absolute atomic E-state index is 12.6. The third-order valence-corrected chi connectivity index (χ3v) is 3.49. The van der Waals surface area contributed by atoms with Crippen molar-refractivity contribution in [2.24, 2.45) is 0 Å². The Morgan fingerprint density at radius 2 is 1.95 bits per heavy atom. The lowest BCUT2D eigenvalue weighted by Crippen LogP contribution is -2.23. The highest BCUT2D eigenvalue weighted by molar-refractivity contribution is 7.99. The monoisotopic (exact) mass is 291 g/mol. The molecule has 0 aliphatic carbocycles. The van der Waals surface area contributed by atoms with Crippen LogP contribution in [0.15, 0.2) is 17.0 Å². The van der Waals surface area contributed by atoms with E-state index in [1.807, 2.05) is 20.0 Å². The molecule has 0 spiro atoms. The van der Waals surface area contributed by atoms with Crippen molar-refractivity contribution in [3.05, 3.63) is 17.7 Å². The molecule has 0 radical (unpaired) electrons. The Morgan fingerprint density at radius 3 is 2.42 bits per heavy atom. The molecule has 0 saturated heterocycles. The van der Waals surface area contributed by atoms with Crippen LogP contribution >= 0.6 is 11.8 Å². The highest BCUT2D eigenvalue weighted by atomic mass is 32.2. The van der Waals surface area contributed by atoms with Crippen LogP contribution in [-0.2, 0) is 6.42 Å². The minimum atomic E-state index is -2.49. The molecular formula is C13H19F2NO2S. The Morgan fingerprint density at radius 1 is 1.26 bits per heavy atom. The van der Waals surface area contributed by atoms with Gasteiger partial charge in [-0.3, -0.25) is 0 Å². The van der Waals surface area contributed by atoms with Crippen molar-refractivity contribution < 1.29 is 18.3 Å². The zero-order valence-corrected chi connectivity index (χ0v) is 12.3. The number of ether oxygens (including phenoxy) is 2. The third kappa shape index (κ3) is 4.54. The topological polar surface area (TPSA) is 30.5 Å². The minimum Gasteiger partial charge on any atom is -0.493 e. The molecule has 0 aliphatic rings. The molecule has 19 heavy (non-hydrogen) atoms. The molecule has 1 N–H and O–H groups in total. The van der Waals surface area contributed by atoms with E-state index in [9.17, 15) is 8.78 Å². The van der Waals surface area contributed by atoms with E-state index >= 15 is 0 Å². The van der Waals surface area contributed by atoms with Crippen LogP contribution in [0.5, 0.6) is 11.5 Å². The number of hydrogen-bond donors (Lipinski definition) is 1. The van der Waals surface area contributed by atoms with Crippen molar-refractivity contribution in [2.45, 2.75) is 30.0 Å². The zero-order valence-electron chi connectivity index (χ0n) is 11.5. The summed E-state index contributed by atoms with van der Waals surface area (Å²) in [5.41, 5.74) is 0.933. The molecule has 0 saturated carbocycles. The summed E-state index contributed by atoms with van der Waals surface area (Å²) in [4.78, 5) is 0.398. The first-order valence-electron chi connectivity index (χ1n) is 5.88. The Balaban J connectivity index is 3.13. The predicted molar refractivity (Wildman–Crippen MR) is 73.6 cm³/mol. The van der Waals surface area contributed by atoms with E-state index in [0.29, 0.717) is 28.2 Å². The van der Waals surface area contributed by atoms with Gasteiger partial charge < -0.3 is 14.8 Å². The molecule has 1 atom stereocenters. The van der Waals surface area contributed by atoms with Gasteiger partial charge >= 0.3 is 0 Å². The van der Waals surface area contributed by atoms with Gasteiger partial charge in [0.1, 0.15) is 0 Å². The van der Waals surface area contributed by atoms with Gasteiger partial charge in [0.05, 0.1) is 19.1 Å². The standard InChI is InChI=1S/C13H19F2NO2S/c1-8(16-2)5-9-6-10(17-3)12(18-4)11(7-9)19-13(14)15/h6-8,13,16H,5H2,1-4H3. The Labute approximate surface area is 116 Å². The van der Waals surface area contributed by atoms with Gasteiger partial charge in [0.15, 0.2) is 11.5 Å². The second-order valence-corrected chi connectivity index (χ2v) is 5.13. The maximum atomic E-state index is 12.6. The van der Waals surface area contributed by atoms with Gasteiger partial charge in [0, 0.05) is 6.04 Å². The second-order valence-electron chi connectivity index (χ2n) is 4.10. The number of likely N-dealkylation sites (N-methyl/N-ethyl adjacent to an activating group) is 1. The van der Waals surface area contributed by atoms with E-state index in [1.54, 1.807) is 6.07 Å². The lowest BCUT2D eigenvalue weighted by atomic mass is 10.1. The summed E-state index contributed by atoms with van der Waals surface area (Å²) in [6, 6.07) is 3.80. The molecule has 0 aliphatic heterocycles. The Hall–Kier alpha value is -1.01. The average molecular weight is 291 g/mol. The largest absolute Gasteiger partial charge is 0.493 e. The van der Waals surface area contributed by atoms with Crippen molar-refractivity contribution in [3.63, 3.8) is 0 Å². The summed E-state index contributed by atoms with van der Waals surface area (Å²) in [5, 5.41) is 3.11. The maximum Gasteiger partial charge on any atom is 0.289 e. The zero-order chi connectivity index (χ0) is 14.4. The summed E-state index contributed by atoms with van der Waals surface area (Å²) >= 11 is 0.469. The normalized spacial score (nSPS) is 12.6. The first-order chi connectivity index (χ1) is 9.01. The summed E-state index contributed by atoms with van der Waals surface area (Å²) in [6.45, 7) is 2.02. The summed E-state index contributed by atoms with van der Waals surface area (Å²) in [7, 11) is 4.81. The van der Waals surface area contributed by atoms with Gasteiger partial charge in [-0.2, -0.15) is 8.78 Å². The van der Waals surface area contributed by atoms with Gasteiger partial charge in [-0.1, -0.05) is 11.8 Å². The van der Waals surface area contributed by atoms with Crippen LogP contribution in [0.1, 0.15) is 12.5 Å². The minimum absolute atomic E-state index is 0.252. The molecule has 0 bridgehead atoms. The fourth-order valence-electron chi connectivity index (χ4n) is 1.74. The number of rotatable bonds is 7. The van der Waals surface area contributed by atoms with Gasteiger partial charge in [0.25, 0.3) is 5.76 Å². The highest BCUT2D eigenvalue weighted by Gasteiger charge is 2.17. The van der Waals surface area contributed by atoms with Crippen LogP contribution in [0, 0.1) is 0 Å². The lowest BCUT2D eigenvalue weighted by Gasteiger charge is -2.16. The van der Waals surface area contributed by atoms with Gasteiger partial charge in [-0.05, 0) is 38.1 Å². The number of alkyl halides is 2. The number of thioether (sulfide) groups is 1. The molecule has 1 aromatic carbocycles. The van der Waals surface area contributed by atoms with Crippen molar-refractivity contribution in [1.82, 2.24) is 5.32 Å². The van der Waals surface area contributed by atoms with E-state index in [0.717, 1.165) is 12.0 Å². The van der Waals surface area contributed by atoms with Crippen LogP contribution in [0.4, 0.5) is 8.78 Å². The van der Waals surface area contributed by atoms with Crippen molar-refractivity contribution in [2.75, 3.05) is 21.3 Å². The number of benzene rings is 1. The first kappa shape index (κ1) is 16.0. The molecule has 3 nitrogen and oxygen atoms in total. The fourth-order valence-corrected chi connectivity index (χ4v) is 2.44. The smallest absolute Gasteiger partial charge is 0.289 e. The third-order valence-electron chi connectivity index (χ3n) is 2.76. The van der Waals surface area contributed by atoms with E-state index in [1.165, 1.54) is 14.2 Å². The van der Waals surface area contributed by atoms with E-state index in [4.69, 9.17) is 9.47 Å². The molecule has 0 heterocycles. The molecule has 1 unspecified atom stereocenters. The Kier molecular flexibility index (Phi) is 6.37. The second kappa shape index (κ2) is 7.55. The van der Waals surface area contributed by atoms with Crippen molar-refractivity contribution in [1.29, 1.82) is 0 Å². The fraction of sp³-hybridized carbons (Fsp3) is 0.538. The van der Waals surface area contributed by atoms with E-state index < -0.39 is 5.76 Å². The molecule has 108 valence electrons. The molecule has 1 rings (SSSR count). The van der Waals surface area contributed by atoms with Crippen LogP contribution < -0.4 is 14.8 Å². The van der Waals surface area contributed by atoms with Gasteiger partial charge in [0.2, 0.25) is 0 Å². The van der Waals surface area contributed by atoms with E-state index in [2.05, 4.69) is 5.32 Å². The van der Waals surface area contributed by atoms with Crippen LogP contribution in [0.2, 0.25) is 0 Å². The quantitative estimate of drug-likeness (QED) is 0.782. The van der Waals surface area contributed by atoms with Crippen molar-refractivity contribution >= 4 is 11.8 Å². The molecule has 6 heteroatoms. The van der Waals surface area contributed by atoms with Gasteiger partial charge in [-0.15, -0.1) is 0 Å². The predicted octanol–water partition coefficient (Wildman–Crippen LogP) is 3.17. The summed E-state index contributed by atoms with van der Waals surface area (Å²) in [5.74, 6) is -1.66. The number of halogens is 2.